The highest BCUT2D eigenvalue weighted by Gasteiger charge is 2.37. The summed E-state index contributed by atoms with van der Waals surface area (Å²) in [5.41, 5.74) is 2.10. The molecule has 0 aliphatic carbocycles. The van der Waals surface area contributed by atoms with Crippen molar-refractivity contribution in [1.29, 1.82) is 0 Å². The van der Waals surface area contributed by atoms with Crippen molar-refractivity contribution in [1.82, 2.24) is 0 Å². The first kappa shape index (κ1) is 24.4. The number of fused-ring (bicyclic) bond motifs is 1. The van der Waals surface area contributed by atoms with Crippen LogP contribution in [0, 0.1) is 0 Å². The first-order valence-corrected chi connectivity index (χ1v) is 12.9. The molecule has 0 saturated carbocycles. The molecule has 0 atom stereocenters. The van der Waals surface area contributed by atoms with E-state index in [1.807, 2.05) is 30.3 Å². The van der Waals surface area contributed by atoms with E-state index in [0.29, 0.717) is 43.8 Å². The van der Waals surface area contributed by atoms with Gasteiger partial charge in [-0.2, -0.15) is 0 Å². The molecule has 1 aliphatic heterocycles. The monoisotopic (exact) mass is 579 g/mol. The molecule has 1 heterocycles. The minimum atomic E-state index is -0.426. The first-order chi connectivity index (χ1) is 17.5. The smallest absolute Gasteiger partial charge is 0.298 e. The summed E-state index contributed by atoms with van der Waals surface area (Å²) < 4.78 is 12.4. The van der Waals surface area contributed by atoms with Gasteiger partial charge in [0.2, 0.25) is 0 Å². The van der Waals surface area contributed by atoms with Crippen LogP contribution in [-0.2, 0) is 11.4 Å². The van der Waals surface area contributed by atoms with Gasteiger partial charge in [0.1, 0.15) is 6.61 Å². The van der Waals surface area contributed by atoms with Crippen LogP contribution in [0.25, 0.3) is 16.8 Å². The van der Waals surface area contributed by atoms with E-state index in [4.69, 9.17) is 21.1 Å². The Morgan fingerprint density at radius 3 is 2.56 bits per heavy atom. The predicted octanol–water partition coefficient (Wildman–Crippen LogP) is 8.08. The van der Waals surface area contributed by atoms with Crippen LogP contribution in [0.3, 0.4) is 0 Å². The van der Waals surface area contributed by atoms with E-state index < -0.39 is 11.1 Å². The molecule has 2 amide bonds. The summed E-state index contributed by atoms with van der Waals surface area (Å²) in [7, 11) is 1.56. The van der Waals surface area contributed by atoms with Gasteiger partial charge in [-0.1, -0.05) is 66.2 Å². The molecule has 5 rings (SSSR count). The molecular weight excluding hydrogens is 562 g/mol. The fraction of sp³-hybridized carbons (Fsp3) is 0.0714. The van der Waals surface area contributed by atoms with Crippen molar-refractivity contribution >= 4 is 73.0 Å². The highest BCUT2D eigenvalue weighted by Crippen LogP contribution is 2.41. The maximum absolute atomic E-state index is 13.0. The SMILES string of the molecule is COc1cc(/C=C2\SC(=O)N(c3ccccc3Cl)C2=O)cc(Br)c1OCc1cccc2ccccc12. The second-order valence-corrected chi connectivity index (χ2v) is 10.2. The van der Waals surface area contributed by atoms with Gasteiger partial charge in [0.15, 0.2) is 11.5 Å². The number of nitrogens with zero attached hydrogens (tertiary/aromatic N) is 1. The van der Waals surface area contributed by atoms with E-state index in [-0.39, 0.29) is 0 Å². The van der Waals surface area contributed by atoms with Crippen molar-refractivity contribution < 1.29 is 19.1 Å². The summed E-state index contributed by atoms with van der Waals surface area (Å²) in [4.78, 5) is 27.0. The number of ether oxygens (including phenoxy) is 2. The molecule has 1 saturated heterocycles. The molecule has 4 aromatic rings. The molecular formula is C28H19BrClNO4S. The number of hydrogen-bond donors (Lipinski definition) is 0. The van der Waals surface area contributed by atoms with Gasteiger partial charge < -0.3 is 9.47 Å². The lowest BCUT2D eigenvalue weighted by Crippen LogP contribution is -2.27. The molecule has 0 bridgehead atoms. The number of rotatable bonds is 6. The third-order valence-corrected chi connectivity index (χ3v) is 7.47. The van der Waals surface area contributed by atoms with Gasteiger partial charge in [-0.25, -0.2) is 4.90 Å². The number of hydrogen-bond acceptors (Lipinski definition) is 5. The normalized spacial score (nSPS) is 14.6. The molecule has 0 radical (unpaired) electrons. The van der Waals surface area contributed by atoms with E-state index in [1.165, 1.54) is 0 Å². The van der Waals surface area contributed by atoms with Gasteiger partial charge >= 0.3 is 0 Å². The fourth-order valence-electron chi connectivity index (χ4n) is 3.99. The Morgan fingerprint density at radius 1 is 1.00 bits per heavy atom. The molecule has 1 aliphatic rings. The summed E-state index contributed by atoms with van der Waals surface area (Å²) in [5.74, 6) is 0.623. The van der Waals surface area contributed by atoms with Crippen LogP contribution in [0.4, 0.5) is 10.5 Å². The van der Waals surface area contributed by atoms with Gasteiger partial charge in [0, 0.05) is 0 Å². The largest absolute Gasteiger partial charge is 0.493 e. The summed E-state index contributed by atoms with van der Waals surface area (Å²) in [6, 6.07) is 24.6. The minimum Gasteiger partial charge on any atom is -0.493 e. The van der Waals surface area contributed by atoms with Crippen LogP contribution < -0.4 is 14.4 Å². The number of amides is 2. The summed E-state index contributed by atoms with van der Waals surface area (Å²) in [5, 5.41) is 2.20. The lowest BCUT2D eigenvalue weighted by atomic mass is 10.1. The van der Waals surface area contributed by atoms with Gasteiger partial charge in [0.25, 0.3) is 11.1 Å². The molecule has 180 valence electrons. The Balaban J connectivity index is 1.41. The third kappa shape index (κ3) is 4.74. The zero-order valence-electron chi connectivity index (χ0n) is 19.0. The van der Waals surface area contributed by atoms with E-state index in [1.54, 1.807) is 43.5 Å². The second kappa shape index (κ2) is 10.4. The van der Waals surface area contributed by atoms with Gasteiger partial charge in [0.05, 0.1) is 27.2 Å². The van der Waals surface area contributed by atoms with E-state index >= 15 is 0 Å². The Bertz CT molecular complexity index is 1530. The Morgan fingerprint density at radius 2 is 1.75 bits per heavy atom. The molecule has 8 heteroatoms. The zero-order chi connectivity index (χ0) is 25.2. The third-order valence-electron chi connectivity index (χ3n) is 5.69. The Kier molecular flexibility index (Phi) is 7.05. The average Bonchev–Trinajstić information content (AvgIpc) is 3.15. The zero-order valence-corrected chi connectivity index (χ0v) is 22.2. The number of methoxy groups -OCH3 is 1. The topological polar surface area (TPSA) is 55.8 Å². The van der Waals surface area contributed by atoms with Crippen molar-refractivity contribution in [2.75, 3.05) is 12.0 Å². The van der Waals surface area contributed by atoms with Crippen LogP contribution >= 0.6 is 39.3 Å². The molecule has 0 spiro atoms. The fourth-order valence-corrected chi connectivity index (χ4v) is 5.62. The molecule has 0 aromatic heterocycles. The highest BCUT2D eigenvalue weighted by molar-refractivity contribution is 9.10. The van der Waals surface area contributed by atoms with Crippen molar-refractivity contribution in [3.63, 3.8) is 0 Å². The lowest BCUT2D eigenvalue weighted by molar-refractivity contribution is -0.113. The maximum atomic E-state index is 13.0. The van der Waals surface area contributed by atoms with Gasteiger partial charge in [-0.3, -0.25) is 9.59 Å². The van der Waals surface area contributed by atoms with E-state index in [2.05, 4.69) is 34.1 Å². The molecule has 0 N–H and O–H groups in total. The summed E-state index contributed by atoms with van der Waals surface area (Å²) in [6.07, 6.45) is 1.66. The average molecular weight is 581 g/mol. The van der Waals surface area contributed by atoms with E-state index in [9.17, 15) is 9.59 Å². The van der Waals surface area contributed by atoms with E-state index in [0.717, 1.165) is 33.0 Å². The quantitative estimate of drug-likeness (QED) is 0.216. The van der Waals surface area contributed by atoms with Crippen LogP contribution in [-0.4, -0.2) is 18.3 Å². The minimum absolute atomic E-state index is 0.290. The summed E-state index contributed by atoms with van der Waals surface area (Å²) in [6.45, 7) is 0.354. The van der Waals surface area contributed by atoms with Crippen LogP contribution in [0.2, 0.25) is 5.02 Å². The number of benzene rings is 4. The van der Waals surface area contributed by atoms with Crippen molar-refractivity contribution in [3.05, 3.63) is 104 Å². The number of para-hydroxylation sites is 1. The lowest BCUT2D eigenvalue weighted by Gasteiger charge is -2.15. The van der Waals surface area contributed by atoms with Gasteiger partial charge in [-0.15, -0.1) is 0 Å². The highest BCUT2D eigenvalue weighted by atomic mass is 79.9. The van der Waals surface area contributed by atoms with Gasteiger partial charge in [-0.05, 0) is 79.9 Å². The number of imide groups is 1. The Labute approximate surface area is 225 Å². The number of carbonyl (C=O) groups excluding carboxylic acids is 2. The number of carbonyl (C=O) groups is 2. The molecule has 5 nitrogen and oxygen atoms in total. The van der Waals surface area contributed by atoms with Crippen LogP contribution in [0.5, 0.6) is 11.5 Å². The molecule has 36 heavy (non-hydrogen) atoms. The molecule has 1 fully saturated rings. The second-order valence-electron chi connectivity index (χ2n) is 7.93. The standard InChI is InChI=1S/C28H19BrClNO4S/c1-34-24-14-17(15-25-27(32)31(28(33)36-25)23-12-5-4-11-22(23)30)13-21(29)26(24)35-16-19-9-6-8-18-7-2-3-10-20(18)19/h2-15H,16H2,1H3/b25-15-. The summed E-state index contributed by atoms with van der Waals surface area (Å²) >= 11 is 10.7. The molecule has 4 aromatic carbocycles. The number of anilines is 1. The van der Waals surface area contributed by atoms with Crippen LogP contribution in [0.1, 0.15) is 11.1 Å². The number of halogens is 2. The molecule has 0 unspecified atom stereocenters. The number of thioether (sulfide) groups is 1. The van der Waals surface area contributed by atoms with Crippen molar-refractivity contribution in [2.45, 2.75) is 6.61 Å². The van der Waals surface area contributed by atoms with Crippen molar-refractivity contribution in [3.8, 4) is 11.5 Å². The maximum Gasteiger partial charge on any atom is 0.298 e. The predicted molar refractivity (Wildman–Crippen MR) is 149 cm³/mol. The first-order valence-electron chi connectivity index (χ1n) is 11.0. The Hall–Kier alpha value is -3.26. The van der Waals surface area contributed by atoms with Crippen molar-refractivity contribution in [2.24, 2.45) is 0 Å². The van der Waals surface area contributed by atoms with Crippen LogP contribution in [0.15, 0.2) is 88.2 Å².